The molecular weight excluding hydrogens is 567 g/mol. The van der Waals surface area contributed by atoms with Crippen molar-refractivity contribution in [2.45, 2.75) is 0 Å². The average Bonchev–Trinajstić information content (AvgIpc) is 3.75. The van der Waals surface area contributed by atoms with Crippen molar-refractivity contribution in [3.63, 3.8) is 0 Å². The van der Waals surface area contributed by atoms with E-state index in [2.05, 4.69) is 12.1 Å². The van der Waals surface area contributed by atoms with Gasteiger partial charge in [-0.05, 0) is 64.7 Å². The van der Waals surface area contributed by atoms with Gasteiger partial charge in [-0.3, -0.25) is 0 Å². The van der Waals surface area contributed by atoms with E-state index in [1.807, 2.05) is 120 Å². The molecule has 7 aromatic carbocycles. The highest BCUT2D eigenvalue weighted by molar-refractivity contribution is 7.26. The van der Waals surface area contributed by atoms with Crippen molar-refractivity contribution in [3.8, 4) is 22.3 Å². The summed E-state index contributed by atoms with van der Waals surface area (Å²) >= 11 is 1.24. The van der Waals surface area contributed by atoms with Gasteiger partial charge < -0.3 is 9.32 Å². The van der Waals surface area contributed by atoms with Crippen molar-refractivity contribution < 1.29 is 12.6 Å². The Balaban J connectivity index is 1.46. The van der Waals surface area contributed by atoms with Crippen LogP contribution in [-0.2, 0) is 0 Å². The number of hydrogen-bond donors (Lipinski definition) is 0. The van der Waals surface area contributed by atoms with Gasteiger partial charge in [0, 0.05) is 31.2 Å². The normalized spacial score (nSPS) is 13.4. The maximum absolute atomic E-state index is 9.80. The molecule has 2 nitrogen and oxygen atoms in total. The standard InChI is InChI=1S/C42H27NOS/c1-3-12-28(13-4-1)29-22-24-31(25-23-29)43(35-18-11-20-38-40(35)33-16-7-9-19-37(33)44-38)36-27-26-32(30-14-5-2-6-15-30)42-41(36)34-17-8-10-21-39(34)45-42/h1-27H/i8D,10D,17D,21D,26D,27D. The predicted molar refractivity (Wildman–Crippen MR) is 192 cm³/mol. The monoisotopic (exact) mass is 599 g/mol. The molecule has 0 radical (unpaired) electrons. The van der Waals surface area contributed by atoms with Crippen LogP contribution in [0.1, 0.15) is 8.22 Å². The average molecular weight is 600 g/mol. The van der Waals surface area contributed by atoms with Crippen molar-refractivity contribution in [1.82, 2.24) is 0 Å². The lowest BCUT2D eigenvalue weighted by molar-refractivity contribution is 0.669. The topological polar surface area (TPSA) is 16.4 Å². The second-order valence-corrected chi connectivity index (χ2v) is 11.9. The molecule has 3 heteroatoms. The summed E-state index contributed by atoms with van der Waals surface area (Å²) in [6.45, 7) is 0. The third-order valence-electron chi connectivity index (χ3n) is 8.24. The van der Waals surface area contributed by atoms with Gasteiger partial charge in [0.2, 0.25) is 0 Å². The minimum absolute atomic E-state index is 0.000596. The van der Waals surface area contributed by atoms with Gasteiger partial charge in [-0.15, -0.1) is 11.3 Å². The van der Waals surface area contributed by atoms with Gasteiger partial charge in [0.15, 0.2) is 0 Å². The molecule has 9 aromatic rings. The van der Waals surface area contributed by atoms with Crippen molar-refractivity contribution >= 4 is 70.5 Å². The van der Waals surface area contributed by atoms with Gasteiger partial charge in [0.1, 0.15) is 11.2 Å². The summed E-state index contributed by atoms with van der Waals surface area (Å²) in [6, 6.07) is 40.1. The lowest BCUT2D eigenvalue weighted by Gasteiger charge is -2.28. The summed E-state index contributed by atoms with van der Waals surface area (Å²) in [5, 5.41) is 2.55. The van der Waals surface area contributed by atoms with E-state index in [0.29, 0.717) is 54.0 Å². The molecule has 0 saturated heterocycles. The molecule has 0 fully saturated rings. The molecule has 45 heavy (non-hydrogen) atoms. The Labute approximate surface area is 273 Å². The van der Waals surface area contributed by atoms with E-state index in [9.17, 15) is 4.11 Å². The van der Waals surface area contributed by atoms with Crippen molar-refractivity contribution in [2.75, 3.05) is 4.90 Å². The van der Waals surface area contributed by atoms with Crippen LogP contribution < -0.4 is 4.90 Å². The molecule has 0 spiro atoms. The summed E-state index contributed by atoms with van der Waals surface area (Å²) in [6.07, 6.45) is 0. The quantitative estimate of drug-likeness (QED) is 0.196. The molecule has 0 atom stereocenters. The molecule has 0 aliphatic rings. The van der Waals surface area contributed by atoms with Crippen LogP contribution in [0, 0.1) is 0 Å². The number of benzene rings is 7. The Kier molecular flexibility index (Phi) is 4.75. The molecule has 212 valence electrons. The fourth-order valence-electron chi connectivity index (χ4n) is 6.20. The maximum atomic E-state index is 9.80. The van der Waals surface area contributed by atoms with E-state index in [0.717, 1.165) is 27.5 Å². The van der Waals surface area contributed by atoms with Crippen LogP contribution in [0.25, 0.3) is 64.4 Å². The Morgan fingerprint density at radius 3 is 2.02 bits per heavy atom. The van der Waals surface area contributed by atoms with Crippen molar-refractivity contribution in [2.24, 2.45) is 0 Å². The Bertz CT molecular complexity index is 2810. The van der Waals surface area contributed by atoms with E-state index < -0.39 is 0 Å². The zero-order valence-electron chi connectivity index (χ0n) is 29.9. The van der Waals surface area contributed by atoms with E-state index in [4.69, 9.17) is 8.53 Å². The van der Waals surface area contributed by atoms with Crippen molar-refractivity contribution in [1.29, 1.82) is 0 Å². The predicted octanol–water partition coefficient (Wildman–Crippen LogP) is 12.8. The minimum atomic E-state index is -0.345. The van der Waals surface area contributed by atoms with Gasteiger partial charge in [0.25, 0.3) is 0 Å². The minimum Gasteiger partial charge on any atom is -0.456 e. The molecule has 0 bridgehead atoms. The first-order valence-corrected chi connectivity index (χ1v) is 15.5. The zero-order chi connectivity index (χ0) is 35.0. The molecule has 0 aliphatic carbocycles. The third kappa shape index (κ3) is 4.24. The highest BCUT2D eigenvalue weighted by Crippen LogP contribution is 2.50. The largest absolute Gasteiger partial charge is 0.456 e. The number of furan rings is 1. The van der Waals surface area contributed by atoms with Crippen LogP contribution >= 0.6 is 11.3 Å². The first kappa shape index (κ1) is 20.3. The summed E-state index contributed by atoms with van der Waals surface area (Å²) in [5.74, 6) is 0. The molecule has 0 saturated carbocycles. The molecule has 9 rings (SSSR count). The molecule has 0 N–H and O–H groups in total. The summed E-state index contributed by atoms with van der Waals surface area (Å²) in [5.41, 5.74) is 6.48. The van der Waals surface area contributed by atoms with Gasteiger partial charge in [-0.1, -0.05) is 121 Å². The zero-order valence-corrected chi connectivity index (χ0v) is 24.7. The Morgan fingerprint density at radius 1 is 0.511 bits per heavy atom. The number of thiophene rings is 1. The molecule has 2 aromatic heterocycles. The van der Waals surface area contributed by atoms with Crippen LogP contribution in [0.3, 0.4) is 0 Å². The third-order valence-corrected chi connectivity index (χ3v) is 9.37. The second-order valence-electron chi connectivity index (χ2n) is 10.8. The molecule has 0 amide bonds. The van der Waals surface area contributed by atoms with Crippen LogP contribution in [0.15, 0.2) is 168 Å². The fourth-order valence-corrected chi connectivity index (χ4v) is 7.34. The van der Waals surface area contributed by atoms with Crippen LogP contribution in [0.4, 0.5) is 17.1 Å². The first-order valence-electron chi connectivity index (χ1n) is 17.7. The Hall–Kier alpha value is -5.64. The van der Waals surface area contributed by atoms with Crippen LogP contribution in [-0.4, -0.2) is 0 Å². The second kappa shape index (κ2) is 10.5. The summed E-state index contributed by atoms with van der Waals surface area (Å²) < 4.78 is 62.0. The number of para-hydroxylation sites is 1. The summed E-state index contributed by atoms with van der Waals surface area (Å²) in [7, 11) is 0. The first-order chi connectivity index (χ1) is 24.8. The molecule has 0 aliphatic heterocycles. The molecular formula is C42H27NOS. The van der Waals surface area contributed by atoms with Crippen LogP contribution in [0.2, 0.25) is 0 Å². The maximum Gasteiger partial charge on any atom is 0.137 e. The lowest BCUT2D eigenvalue weighted by atomic mass is 9.99. The van der Waals surface area contributed by atoms with Gasteiger partial charge >= 0.3 is 0 Å². The number of hydrogen-bond acceptors (Lipinski definition) is 3. The Morgan fingerprint density at radius 2 is 1.20 bits per heavy atom. The number of anilines is 3. The molecule has 0 unspecified atom stereocenters. The smallest absolute Gasteiger partial charge is 0.137 e. The van der Waals surface area contributed by atoms with Gasteiger partial charge in [-0.25, -0.2) is 0 Å². The van der Waals surface area contributed by atoms with Crippen LogP contribution in [0.5, 0.6) is 0 Å². The molecule has 2 heterocycles. The van der Waals surface area contributed by atoms with E-state index >= 15 is 0 Å². The highest BCUT2D eigenvalue weighted by Gasteiger charge is 2.24. The lowest BCUT2D eigenvalue weighted by Crippen LogP contribution is -2.11. The fraction of sp³-hybridized carbons (Fsp3) is 0. The van der Waals surface area contributed by atoms with Crippen molar-refractivity contribution in [3.05, 3.63) is 164 Å². The van der Waals surface area contributed by atoms with E-state index in [1.165, 1.54) is 11.3 Å². The van der Waals surface area contributed by atoms with Gasteiger partial charge in [-0.2, -0.15) is 0 Å². The number of fused-ring (bicyclic) bond motifs is 6. The number of rotatable bonds is 5. The number of nitrogens with zero attached hydrogens (tertiary/aromatic N) is 1. The highest BCUT2D eigenvalue weighted by atomic mass is 32.1. The summed E-state index contributed by atoms with van der Waals surface area (Å²) in [4.78, 5) is 1.96. The van der Waals surface area contributed by atoms with E-state index in [1.54, 1.807) is 0 Å². The van der Waals surface area contributed by atoms with E-state index in [-0.39, 0.29) is 36.3 Å². The van der Waals surface area contributed by atoms with Gasteiger partial charge in [0.05, 0.1) is 25.0 Å². The SMILES string of the molecule is [2H]c1c([2H])c([2H])c2c(sc3c(-c4ccccc4)c([2H])c([2H])c(N(c4ccc(-c5ccccc5)cc4)c4cccc5oc6ccccc6c45)c32)c1[2H].